The van der Waals surface area contributed by atoms with Crippen molar-refractivity contribution < 1.29 is 4.74 Å². The number of nitrogens with one attached hydrogen (secondary N) is 1. The number of hydrogen-bond acceptors (Lipinski definition) is 4. The van der Waals surface area contributed by atoms with E-state index in [0.29, 0.717) is 0 Å². The van der Waals surface area contributed by atoms with Gasteiger partial charge in [-0.1, -0.05) is 13.8 Å². The van der Waals surface area contributed by atoms with E-state index in [9.17, 15) is 0 Å². The third-order valence-corrected chi connectivity index (χ3v) is 3.90. The lowest BCUT2D eigenvalue weighted by Gasteiger charge is -2.36. The second-order valence-corrected chi connectivity index (χ2v) is 5.52. The lowest BCUT2D eigenvalue weighted by molar-refractivity contribution is 0.258. The van der Waals surface area contributed by atoms with E-state index in [1.54, 1.807) is 0 Å². The number of benzene rings is 1. The minimum Gasteiger partial charge on any atom is -0.494 e. The van der Waals surface area contributed by atoms with Gasteiger partial charge in [-0.2, -0.15) is 0 Å². The maximum absolute atomic E-state index is 5.64. The van der Waals surface area contributed by atoms with E-state index in [2.05, 4.69) is 53.2 Å². The van der Waals surface area contributed by atoms with Crippen LogP contribution < -0.4 is 15.0 Å². The van der Waals surface area contributed by atoms with E-state index >= 15 is 0 Å². The van der Waals surface area contributed by atoms with E-state index in [0.717, 1.165) is 64.6 Å². The lowest BCUT2D eigenvalue weighted by atomic mass is 10.2. The second-order valence-electron chi connectivity index (χ2n) is 5.52. The molecular formula is C17H29N3O. The monoisotopic (exact) mass is 291 g/mol. The van der Waals surface area contributed by atoms with Crippen molar-refractivity contribution in [3.8, 4) is 5.75 Å². The molecule has 1 heterocycles. The van der Waals surface area contributed by atoms with Gasteiger partial charge in [-0.3, -0.25) is 4.90 Å². The maximum Gasteiger partial charge on any atom is 0.119 e. The third-order valence-electron chi connectivity index (χ3n) is 3.90. The van der Waals surface area contributed by atoms with Crippen molar-refractivity contribution in [3.63, 3.8) is 0 Å². The molecule has 1 fully saturated rings. The predicted molar refractivity (Wildman–Crippen MR) is 89.4 cm³/mol. The molecule has 1 saturated heterocycles. The normalized spacial score (nSPS) is 16.2. The fourth-order valence-electron chi connectivity index (χ4n) is 2.62. The molecule has 0 atom stereocenters. The largest absolute Gasteiger partial charge is 0.494 e. The van der Waals surface area contributed by atoms with Gasteiger partial charge >= 0.3 is 0 Å². The number of rotatable bonds is 8. The van der Waals surface area contributed by atoms with Gasteiger partial charge in [0, 0.05) is 45.0 Å². The van der Waals surface area contributed by atoms with E-state index < -0.39 is 0 Å². The number of nitrogens with zero attached hydrogens (tertiary/aromatic N) is 2. The van der Waals surface area contributed by atoms with Crippen molar-refractivity contribution in [1.29, 1.82) is 0 Å². The number of anilines is 1. The van der Waals surface area contributed by atoms with Crippen molar-refractivity contribution in [2.75, 3.05) is 57.3 Å². The molecule has 4 heteroatoms. The van der Waals surface area contributed by atoms with Gasteiger partial charge in [0.25, 0.3) is 0 Å². The fraction of sp³-hybridized carbons (Fsp3) is 0.647. The summed E-state index contributed by atoms with van der Waals surface area (Å²) in [4.78, 5) is 5.01. The van der Waals surface area contributed by atoms with Crippen LogP contribution in [0, 0.1) is 0 Å². The van der Waals surface area contributed by atoms with Crippen LogP contribution in [0.25, 0.3) is 0 Å². The highest BCUT2D eigenvalue weighted by Crippen LogP contribution is 2.20. The molecule has 0 radical (unpaired) electrons. The first-order chi connectivity index (χ1) is 10.3. The molecule has 0 aliphatic carbocycles. The SMILES string of the molecule is CCCOc1ccc(N2CCN(CCNCC)CC2)cc1. The summed E-state index contributed by atoms with van der Waals surface area (Å²) < 4.78 is 5.64. The Balaban J connectivity index is 1.76. The van der Waals surface area contributed by atoms with Crippen molar-refractivity contribution in [1.82, 2.24) is 10.2 Å². The minimum absolute atomic E-state index is 0.795. The summed E-state index contributed by atoms with van der Waals surface area (Å²) in [7, 11) is 0. The Morgan fingerprint density at radius 3 is 2.38 bits per heavy atom. The molecule has 1 aromatic carbocycles. The van der Waals surface area contributed by atoms with Gasteiger partial charge in [0.2, 0.25) is 0 Å². The Morgan fingerprint density at radius 2 is 1.76 bits per heavy atom. The second kappa shape index (κ2) is 8.90. The molecule has 0 saturated carbocycles. The molecule has 0 aromatic heterocycles. The third kappa shape index (κ3) is 5.21. The maximum atomic E-state index is 5.64. The first-order valence-electron chi connectivity index (χ1n) is 8.24. The van der Waals surface area contributed by atoms with E-state index in [4.69, 9.17) is 4.74 Å². The molecule has 118 valence electrons. The summed E-state index contributed by atoms with van der Waals surface area (Å²) in [5.74, 6) is 0.977. The Morgan fingerprint density at radius 1 is 1.05 bits per heavy atom. The highest BCUT2D eigenvalue weighted by atomic mass is 16.5. The van der Waals surface area contributed by atoms with Crippen LogP contribution in [-0.2, 0) is 0 Å². The number of ether oxygens (including phenoxy) is 1. The summed E-state index contributed by atoms with van der Waals surface area (Å²) in [5.41, 5.74) is 1.31. The van der Waals surface area contributed by atoms with Crippen LogP contribution in [0.5, 0.6) is 5.75 Å². The van der Waals surface area contributed by atoms with Gasteiger partial charge in [-0.25, -0.2) is 0 Å². The molecule has 1 N–H and O–H groups in total. The highest BCUT2D eigenvalue weighted by Gasteiger charge is 2.16. The molecule has 0 bridgehead atoms. The average molecular weight is 291 g/mol. The molecule has 1 aromatic rings. The quantitative estimate of drug-likeness (QED) is 0.743. The number of piperazine rings is 1. The molecule has 0 spiro atoms. The molecule has 2 rings (SSSR count). The Kier molecular flexibility index (Phi) is 6.83. The van der Waals surface area contributed by atoms with Gasteiger partial charge in [-0.05, 0) is 37.2 Å². The smallest absolute Gasteiger partial charge is 0.119 e. The predicted octanol–water partition coefficient (Wildman–Crippen LogP) is 2.21. The Bertz CT molecular complexity index is 386. The van der Waals surface area contributed by atoms with Crippen molar-refractivity contribution in [2.45, 2.75) is 20.3 Å². The van der Waals surface area contributed by atoms with E-state index in [1.165, 1.54) is 5.69 Å². The van der Waals surface area contributed by atoms with Crippen molar-refractivity contribution >= 4 is 5.69 Å². The van der Waals surface area contributed by atoms with E-state index in [-0.39, 0.29) is 0 Å². The highest BCUT2D eigenvalue weighted by molar-refractivity contribution is 5.49. The molecule has 0 amide bonds. The average Bonchev–Trinajstić information content (AvgIpc) is 2.54. The topological polar surface area (TPSA) is 27.7 Å². The standard InChI is InChI=1S/C17H29N3O/c1-3-15-21-17-7-5-16(6-8-17)20-13-11-19(12-14-20)10-9-18-4-2/h5-8,18H,3-4,9-15H2,1-2H3. The van der Waals surface area contributed by atoms with Gasteiger partial charge < -0.3 is 15.0 Å². The van der Waals surface area contributed by atoms with Crippen LogP contribution >= 0.6 is 0 Å². The first-order valence-corrected chi connectivity index (χ1v) is 8.24. The minimum atomic E-state index is 0.795. The van der Waals surface area contributed by atoms with Crippen LogP contribution in [0.3, 0.4) is 0 Å². The van der Waals surface area contributed by atoms with Crippen LogP contribution in [0.2, 0.25) is 0 Å². The fourth-order valence-corrected chi connectivity index (χ4v) is 2.62. The summed E-state index contributed by atoms with van der Waals surface area (Å²) in [6.45, 7) is 12.9. The number of hydrogen-bond donors (Lipinski definition) is 1. The molecule has 21 heavy (non-hydrogen) atoms. The van der Waals surface area contributed by atoms with Crippen molar-refractivity contribution in [3.05, 3.63) is 24.3 Å². The summed E-state index contributed by atoms with van der Waals surface area (Å²) in [6.07, 6.45) is 1.05. The van der Waals surface area contributed by atoms with Crippen LogP contribution in [0.1, 0.15) is 20.3 Å². The molecule has 1 aliphatic rings. The number of likely N-dealkylation sites (N-methyl/N-ethyl adjacent to an activating group) is 1. The molecular weight excluding hydrogens is 262 g/mol. The summed E-state index contributed by atoms with van der Waals surface area (Å²) >= 11 is 0. The van der Waals surface area contributed by atoms with Crippen LogP contribution in [0.15, 0.2) is 24.3 Å². The summed E-state index contributed by atoms with van der Waals surface area (Å²) in [5, 5.41) is 3.39. The zero-order valence-corrected chi connectivity index (χ0v) is 13.5. The van der Waals surface area contributed by atoms with Crippen LogP contribution in [-0.4, -0.2) is 57.3 Å². The zero-order chi connectivity index (χ0) is 14.9. The van der Waals surface area contributed by atoms with Gasteiger partial charge in [0.15, 0.2) is 0 Å². The lowest BCUT2D eigenvalue weighted by Crippen LogP contribution is -2.48. The van der Waals surface area contributed by atoms with Gasteiger partial charge in [-0.15, -0.1) is 0 Å². The molecule has 0 unspecified atom stereocenters. The van der Waals surface area contributed by atoms with Crippen molar-refractivity contribution in [2.24, 2.45) is 0 Å². The first kappa shape index (κ1) is 16.1. The molecule has 4 nitrogen and oxygen atoms in total. The van der Waals surface area contributed by atoms with Gasteiger partial charge in [0.05, 0.1) is 6.61 Å². The Labute approximate surface area is 129 Å². The van der Waals surface area contributed by atoms with Gasteiger partial charge in [0.1, 0.15) is 5.75 Å². The summed E-state index contributed by atoms with van der Waals surface area (Å²) in [6, 6.07) is 8.53. The zero-order valence-electron chi connectivity index (χ0n) is 13.5. The van der Waals surface area contributed by atoms with E-state index in [1.807, 2.05) is 0 Å². The Hall–Kier alpha value is -1.26. The van der Waals surface area contributed by atoms with Crippen LogP contribution in [0.4, 0.5) is 5.69 Å². The molecule has 1 aliphatic heterocycles.